The van der Waals surface area contributed by atoms with Crippen LogP contribution in [0, 0.1) is 0 Å². The van der Waals surface area contributed by atoms with Crippen LogP contribution >= 0.6 is 0 Å². The maximum absolute atomic E-state index is 13.0. The molecule has 0 aromatic rings. The van der Waals surface area contributed by atoms with Crippen molar-refractivity contribution in [2.45, 2.75) is 269 Å². The van der Waals surface area contributed by atoms with Crippen molar-refractivity contribution in [1.82, 2.24) is 5.32 Å². The van der Waals surface area contributed by atoms with Gasteiger partial charge in [0.05, 0.1) is 25.4 Å². The zero-order valence-electron chi connectivity index (χ0n) is 46.8. The summed E-state index contributed by atoms with van der Waals surface area (Å²) in [5, 5.41) is 54.5. The number of aliphatic hydroxyl groups is 5. The van der Waals surface area contributed by atoms with Gasteiger partial charge in [0.15, 0.2) is 6.29 Å². The highest BCUT2D eigenvalue weighted by Gasteiger charge is 2.44. The van der Waals surface area contributed by atoms with Gasteiger partial charge in [0, 0.05) is 6.42 Å². The van der Waals surface area contributed by atoms with Crippen molar-refractivity contribution in [3.8, 4) is 0 Å². The molecule has 1 saturated heterocycles. The third-order valence-corrected chi connectivity index (χ3v) is 13.2. The van der Waals surface area contributed by atoms with E-state index in [2.05, 4.69) is 129 Å². The normalized spacial score (nSPS) is 19.9. The minimum absolute atomic E-state index is 0.237. The monoisotopic (exact) mass is 1030 g/mol. The van der Waals surface area contributed by atoms with Gasteiger partial charge in [-0.1, -0.05) is 245 Å². The summed E-state index contributed by atoms with van der Waals surface area (Å²) < 4.78 is 11.2. The van der Waals surface area contributed by atoms with Crippen molar-refractivity contribution in [2.24, 2.45) is 0 Å². The molecule has 9 heteroatoms. The molecule has 6 N–H and O–H groups in total. The van der Waals surface area contributed by atoms with Crippen molar-refractivity contribution in [2.75, 3.05) is 13.2 Å². The van der Waals surface area contributed by atoms with Crippen molar-refractivity contribution in [3.05, 3.63) is 122 Å². The van der Waals surface area contributed by atoms with Crippen LogP contribution in [0.15, 0.2) is 122 Å². The van der Waals surface area contributed by atoms with Gasteiger partial charge in [0.1, 0.15) is 24.4 Å². The molecule has 7 unspecified atom stereocenters. The van der Waals surface area contributed by atoms with E-state index >= 15 is 0 Å². The van der Waals surface area contributed by atoms with E-state index in [4.69, 9.17) is 9.47 Å². The molecule has 1 heterocycles. The van der Waals surface area contributed by atoms with E-state index in [1.54, 1.807) is 6.08 Å². The minimum atomic E-state index is -1.59. The number of nitrogens with one attached hydrogen (secondary N) is 1. The van der Waals surface area contributed by atoms with E-state index in [0.29, 0.717) is 12.8 Å². The van der Waals surface area contributed by atoms with E-state index in [0.717, 1.165) is 77.0 Å². The summed E-state index contributed by atoms with van der Waals surface area (Å²) in [5.41, 5.74) is 0. The standard InChI is InChI=1S/C65H109NO8/c1-3-5-7-9-11-13-15-17-19-21-23-25-27-28-29-30-31-33-34-36-38-40-42-44-46-48-50-52-54-59(68)58(57-73-65-64(72)63(71)62(70)60(56-67)74-65)66-61(69)55-53-51-49-47-45-43-41-39-37-35-32-26-24-22-20-18-16-14-12-10-8-6-4-2/h6,8,12,14,18,20,24,26,35-38,41,43-44,46-47,49,52,54,58-60,62-65,67-68,70-72H,3-5,7,9-11,13,15-17,19,21-23,25,27-34,39-40,42,45,48,50-51,53,55-57H2,1-2H3,(H,66,69)/b8-6-,14-12-,20-18-,26-24-,37-35-,38-36+,43-41-,46-44+,49-47-,54-52+. The molecule has 74 heavy (non-hydrogen) atoms. The van der Waals surface area contributed by atoms with Gasteiger partial charge >= 0.3 is 0 Å². The number of carbonyl (C=O) groups excluding carboxylic acids is 1. The predicted molar refractivity (Wildman–Crippen MR) is 313 cm³/mol. The molecule has 0 bridgehead atoms. The number of ether oxygens (including phenoxy) is 2. The summed E-state index contributed by atoms with van der Waals surface area (Å²) in [6, 6.07) is -0.869. The maximum Gasteiger partial charge on any atom is 0.220 e. The van der Waals surface area contributed by atoms with Gasteiger partial charge in [-0.25, -0.2) is 0 Å². The number of carbonyl (C=O) groups is 1. The van der Waals surface area contributed by atoms with Crippen LogP contribution in [-0.4, -0.2) is 87.5 Å². The molecule has 0 aromatic carbocycles. The minimum Gasteiger partial charge on any atom is -0.394 e. The third kappa shape index (κ3) is 41.8. The van der Waals surface area contributed by atoms with E-state index in [9.17, 15) is 30.3 Å². The molecule has 0 radical (unpaired) electrons. The van der Waals surface area contributed by atoms with Gasteiger partial charge in [-0.05, 0) is 96.3 Å². The Labute approximate surface area is 452 Å². The molecular formula is C65H109NO8. The van der Waals surface area contributed by atoms with Crippen LogP contribution in [0.3, 0.4) is 0 Å². The first-order valence-electron chi connectivity index (χ1n) is 29.8. The van der Waals surface area contributed by atoms with Crippen LogP contribution < -0.4 is 5.32 Å². The summed E-state index contributed by atoms with van der Waals surface area (Å²) in [4.78, 5) is 13.0. The Hall–Kier alpha value is -3.41. The molecule has 1 aliphatic rings. The van der Waals surface area contributed by atoms with Crippen molar-refractivity contribution in [1.29, 1.82) is 0 Å². The zero-order valence-corrected chi connectivity index (χ0v) is 46.8. The molecule has 1 aliphatic heterocycles. The number of allylic oxidation sites excluding steroid dienone is 19. The molecule has 7 atom stereocenters. The van der Waals surface area contributed by atoms with Gasteiger partial charge in [-0.2, -0.15) is 0 Å². The molecule has 9 nitrogen and oxygen atoms in total. The fraction of sp³-hybridized carbons (Fsp3) is 0.677. The first-order valence-corrected chi connectivity index (χ1v) is 29.8. The zero-order chi connectivity index (χ0) is 53.6. The highest BCUT2D eigenvalue weighted by Crippen LogP contribution is 2.23. The quantitative estimate of drug-likeness (QED) is 0.0261. The maximum atomic E-state index is 13.0. The largest absolute Gasteiger partial charge is 0.394 e. The molecule has 0 aromatic heterocycles. The topological polar surface area (TPSA) is 149 Å². The van der Waals surface area contributed by atoms with Crippen LogP contribution in [0.1, 0.15) is 226 Å². The molecule has 1 rings (SSSR count). The Kier molecular flexibility index (Phi) is 49.1. The molecule has 0 spiro atoms. The van der Waals surface area contributed by atoms with Crippen LogP contribution in [0.2, 0.25) is 0 Å². The lowest BCUT2D eigenvalue weighted by Crippen LogP contribution is -2.60. The van der Waals surface area contributed by atoms with Gasteiger partial charge in [0.2, 0.25) is 5.91 Å². The highest BCUT2D eigenvalue weighted by atomic mass is 16.7. The predicted octanol–water partition coefficient (Wildman–Crippen LogP) is 15.1. The number of hydrogen-bond donors (Lipinski definition) is 6. The lowest BCUT2D eigenvalue weighted by atomic mass is 9.99. The van der Waals surface area contributed by atoms with Crippen LogP contribution in [-0.2, 0) is 14.3 Å². The Bertz CT molecular complexity index is 1570. The molecule has 1 amide bonds. The second kappa shape index (κ2) is 53.0. The summed E-state index contributed by atoms with van der Waals surface area (Å²) in [6.45, 7) is 3.61. The van der Waals surface area contributed by atoms with Crippen LogP contribution in [0.4, 0.5) is 0 Å². The van der Waals surface area contributed by atoms with Gasteiger partial charge in [-0.3, -0.25) is 4.79 Å². The van der Waals surface area contributed by atoms with E-state index < -0.39 is 49.5 Å². The lowest BCUT2D eigenvalue weighted by Gasteiger charge is -2.40. The first kappa shape index (κ1) is 68.6. The summed E-state index contributed by atoms with van der Waals surface area (Å²) in [5.74, 6) is -0.252. The number of aliphatic hydroxyl groups excluding tert-OH is 5. The average Bonchev–Trinajstić information content (AvgIpc) is 3.40. The second-order valence-corrected chi connectivity index (χ2v) is 20.0. The van der Waals surface area contributed by atoms with Crippen molar-refractivity contribution < 1.29 is 39.8 Å². The Morgan fingerprint density at radius 1 is 0.473 bits per heavy atom. The van der Waals surface area contributed by atoms with Gasteiger partial charge in [0.25, 0.3) is 0 Å². The third-order valence-electron chi connectivity index (χ3n) is 13.2. The Balaban J connectivity index is 2.31. The van der Waals surface area contributed by atoms with Crippen LogP contribution in [0.25, 0.3) is 0 Å². The average molecular weight is 1030 g/mol. The first-order chi connectivity index (χ1) is 36.3. The summed E-state index contributed by atoms with van der Waals surface area (Å²) in [6.07, 6.45) is 72.8. The van der Waals surface area contributed by atoms with E-state index in [1.807, 2.05) is 6.08 Å². The van der Waals surface area contributed by atoms with Gasteiger partial charge in [-0.15, -0.1) is 0 Å². The lowest BCUT2D eigenvalue weighted by molar-refractivity contribution is -0.302. The number of unbranched alkanes of at least 4 members (excludes halogenated alkanes) is 21. The summed E-state index contributed by atoms with van der Waals surface area (Å²) >= 11 is 0. The SMILES string of the molecule is CC/C=C\C/C=C\C/C=C\C/C=C\C/C=C\C/C=C\C/C=C\CCCC(=O)NC(COC1OC(CO)C(O)C(O)C1O)C(O)/C=C/CC/C=C/CC/C=C/CCCCCCCCCCCCCCCCCCCC. The Morgan fingerprint density at radius 2 is 0.851 bits per heavy atom. The smallest absolute Gasteiger partial charge is 0.220 e. The molecule has 0 aliphatic carbocycles. The molecule has 1 fully saturated rings. The van der Waals surface area contributed by atoms with E-state index in [1.165, 1.54) is 116 Å². The molecule has 0 saturated carbocycles. The summed E-state index contributed by atoms with van der Waals surface area (Å²) in [7, 11) is 0. The number of amides is 1. The van der Waals surface area contributed by atoms with Crippen molar-refractivity contribution >= 4 is 5.91 Å². The Morgan fingerprint density at radius 3 is 1.30 bits per heavy atom. The fourth-order valence-electron chi connectivity index (χ4n) is 8.59. The van der Waals surface area contributed by atoms with Crippen LogP contribution in [0.5, 0.6) is 0 Å². The van der Waals surface area contributed by atoms with E-state index in [-0.39, 0.29) is 18.9 Å². The number of rotatable bonds is 49. The molecule has 422 valence electrons. The second-order valence-electron chi connectivity index (χ2n) is 20.0. The number of hydrogen-bond acceptors (Lipinski definition) is 8. The highest BCUT2D eigenvalue weighted by molar-refractivity contribution is 5.76. The van der Waals surface area contributed by atoms with Gasteiger partial charge < -0.3 is 40.3 Å². The molecular weight excluding hydrogens is 923 g/mol. The van der Waals surface area contributed by atoms with Crippen molar-refractivity contribution in [3.63, 3.8) is 0 Å². The fourth-order valence-corrected chi connectivity index (χ4v) is 8.59.